The summed E-state index contributed by atoms with van der Waals surface area (Å²) in [5.74, 6) is 0.109. The highest BCUT2D eigenvalue weighted by Crippen LogP contribution is 2.32. The minimum Gasteiger partial charge on any atom is -0.397 e. The molecule has 0 radical (unpaired) electrons. The molecule has 1 fully saturated rings. The summed E-state index contributed by atoms with van der Waals surface area (Å²) in [5, 5.41) is 9.03. The number of pyridine rings is 2. The first-order chi connectivity index (χ1) is 16.9. The zero-order chi connectivity index (χ0) is 24.5. The highest BCUT2D eigenvalue weighted by molar-refractivity contribution is 6.03. The van der Waals surface area contributed by atoms with Gasteiger partial charge in [0, 0.05) is 60.8 Å². The number of ketones is 1. The fourth-order valence-electron chi connectivity index (χ4n) is 5.14. The Morgan fingerprint density at radius 3 is 2.77 bits per heavy atom. The second-order valence-corrected chi connectivity index (χ2v) is 9.33. The standard InChI is InChI=1S/C26H30N8O/c1-3-17-4-5-18-11-20(27)25(31-22(18)10-17)24(35)12-19-13-29-7-6-23(19)33-14-16(2)26(21(28)15-33)34-9-8-30-32-34/h4-11,13,16,21,26H,3,12,14-15,27-28H2,1-2H3/t16-,21+,26-/m0/s1. The van der Waals surface area contributed by atoms with Crippen molar-refractivity contribution in [3.63, 3.8) is 0 Å². The SMILES string of the molecule is CCc1ccc2cc(N)c(C(=O)Cc3cnccc3N3C[C@@H](N)[C@@H](n4ccnn4)[C@@H](C)C3)nc2c1. The van der Waals surface area contributed by atoms with Crippen LogP contribution in [-0.4, -0.2) is 49.9 Å². The number of nitrogens with zero attached hydrogens (tertiary/aromatic N) is 6. The molecule has 3 aromatic heterocycles. The molecule has 1 aromatic carbocycles. The van der Waals surface area contributed by atoms with Crippen LogP contribution in [0.25, 0.3) is 10.9 Å². The first-order valence-corrected chi connectivity index (χ1v) is 12.0. The highest BCUT2D eigenvalue weighted by atomic mass is 16.1. The van der Waals surface area contributed by atoms with Crippen molar-refractivity contribution in [1.29, 1.82) is 0 Å². The molecule has 1 aliphatic rings. The average Bonchev–Trinajstić information content (AvgIpc) is 3.37. The largest absolute Gasteiger partial charge is 0.397 e. The molecule has 3 atom stereocenters. The molecule has 0 spiro atoms. The van der Waals surface area contributed by atoms with Gasteiger partial charge >= 0.3 is 0 Å². The molecule has 4 aromatic rings. The van der Waals surface area contributed by atoms with Gasteiger partial charge in [-0.15, -0.1) is 5.10 Å². The molecule has 1 saturated heterocycles. The van der Waals surface area contributed by atoms with E-state index in [0.717, 1.165) is 35.1 Å². The zero-order valence-electron chi connectivity index (χ0n) is 20.0. The Hall–Kier alpha value is -3.85. The van der Waals surface area contributed by atoms with E-state index in [1.807, 2.05) is 35.1 Å². The summed E-state index contributed by atoms with van der Waals surface area (Å²) in [6, 6.07) is 9.78. The molecule has 0 unspecified atom stereocenters. The van der Waals surface area contributed by atoms with Crippen molar-refractivity contribution >= 4 is 28.1 Å². The lowest BCUT2D eigenvalue weighted by atomic mass is 9.89. The number of nitrogens with two attached hydrogens (primary N) is 2. The van der Waals surface area contributed by atoms with Crippen LogP contribution in [0, 0.1) is 5.92 Å². The maximum Gasteiger partial charge on any atom is 0.187 e. The first-order valence-electron chi connectivity index (χ1n) is 12.0. The highest BCUT2D eigenvalue weighted by Gasteiger charge is 2.35. The summed E-state index contributed by atoms with van der Waals surface area (Å²) in [4.78, 5) is 24.5. The molecule has 9 heteroatoms. The van der Waals surface area contributed by atoms with E-state index in [2.05, 4.69) is 45.1 Å². The van der Waals surface area contributed by atoms with Gasteiger partial charge in [0.05, 0.1) is 23.4 Å². The van der Waals surface area contributed by atoms with Crippen molar-refractivity contribution in [1.82, 2.24) is 25.0 Å². The zero-order valence-corrected chi connectivity index (χ0v) is 20.0. The predicted molar refractivity (Wildman–Crippen MR) is 136 cm³/mol. The second kappa shape index (κ2) is 9.42. The topological polar surface area (TPSA) is 129 Å². The Kier molecular flexibility index (Phi) is 6.17. The van der Waals surface area contributed by atoms with Crippen LogP contribution in [0.5, 0.6) is 0 Å². The molecule has 0 aliphatic carbocycles. The van der Waals surface area contributed by atoms with E-state index < -0.39 is 0 Å². The average molecular weight is 471 g/mol. The maximum atomic E-state index is 13.4. The van der Waals surface area contributed by atoms with Gasteiger partial charge < -0.3 is 16.4 Å². The molecule has 35 heavy (non-hydrogen) atoms. The summed E-state index contributed by atoms with van der Waals surface area (Å²) >= 11 is 0. The quantitative estimate of drug-likeness (QED) is 0.412. The molecule has 180 valence electrons. The van der Waals surface area contributed by atoms with Crippen LogP contribution < -0.4 is 16.4 Å². The molecule has 9 nitrogen and oxygen atoms in total. The monoisotopic (exact) mass is 470 g/mol. The number of carbonyl (C=O) groups excluding carboxylic acids is 1. The number of fused-ring (bicyclic) bond motifs is 1. The van der Waals surface area contributed by atoms with Crippen LogP contribution >= 0.6 is 0 Å². The molecule has 4 N–H and O–H groups in total. The summed E-state index contributed by atoms with van der Waals surface area (Å²) in [5.41, 5.74) is 17.3. The van der Waals surface area contributed by atoms with E-state index in [4.69, 9.17) is 11.5 Å². The molecular weight excluding hydrogens is 440 g/mol. The van der Waals surface area contributed by atoms with Crippen LogP contribution in [-0.2, 0) is 12.8 Å². The van der Waals surface area contributed by atoms with Crippen molar-refractivity contribution in [3.05, 3.63) is 71.9 Å². The number of nitrogen functional groups attached to an aromatic ring is 1. The minimum atomic E-state index is -0.136. The smallest absolute Gasteiger partial charge is 0.187 e. The maximum absolute atomic E-state index is 13.4. The van der Waals surface area contributed by atoms with E-state index in [0.29, 0.717) is 17.9 Å². The number of hydrogen-bond acceptors (Lipinski definition) is 8. The number of hydrogen-bond donors (Lipinski definition) is 2. The van der Waals surface area contributed by atoms with Crippen molar-refractivity contribution in [2.45, 2.75) is 38.8 Å². The number of benzene rings is 1. The van der Waals surface area contributed by atoms with Crippen molar-refractivity contribution in [3.8, 4) is 0 Å². The minimum absolute atomic E-state index is 0.0651. The summed E-state index contributed by atoms with van der Waals surface area (Å²) in [6.07, 6.45) is 8.09. The normalized spacial score (nSPS) is 20.3. The summed E-state index contributed by atoms with van der Waals surface area (Å²) in [6.45, 7) is 5.67. The fraction of sp³-hybridized carbons (Fsp3) is 0.346. The van der Waals surface area contributed by atoms with Crippen LogP contribution in [0.2, 0.25) is 0 Å². The summed E-state index contributed by atoms with van der Waals surface area (Å²) < 4.78 is 1.85. The van der Waals surface area contributed by atoms with Gasteiger partial charge in [0.1, 0.15) is 5.69 Å². The molecule has 0 amide bonds. The lowest BCUT2D eigenvalue weighted by Crippen LogP contribution is -2.53. The lowest BCUT2D eigenvalue weighted by molar-refractivity contribution is 0.0989. The second-order valence-electron chi connectivity index (χ2n) is 9.33. The molecular formula is C26H30N8O. The molecule has 4 heterocycles. The summed E-state index contributed by atoms with van der Waals surface area (Å²) in [7, 11) is 0. The van der Waals surface area contributed by atoms with Gasteiger partial charge in [-0.3, -0.25) is 9.78 Å². The third kappa shape index (κ3) is 4.46. The van der Waals surface area contributed by atoms with E-state index >= 15 is 0 Å². The van der Waals surface area contributed by atoms with Gasteiger partial charge in [-0.1, -0.05) is 31.2 Å². The van der Waals surface area contributed by atoms with Gasteiger partial charge in [-0.05, 0) is 36.1 Å². The van der Waals surface area contributed by atoms with Gasteiger partial charge in [-0.2, -0.15) is 0 Å². The van der Waals surface area contributed by atoms with Gasteiger partial charge in [0.15, 0.2) is 5.78 Å². The molecule has 0 bridgehead atoms. The predicted octanol–water partition coefficient (Wildman–Crippen LogP) is 2.82. The van der Waals surface area contributed by atoms with Crippen molar-refractivity contribution in [2.24, 2.45) is 11.7 Å². The van der Waals surface area contributed by atoms with E-state index in [1.54, 1.807) is 18.6 Å². The molecule has 1 aliphatic heterocycles. The van der Waals surface area contributed by atoms with E-state index in [-0.39, 0.29) is 30.2 Å². The number of piperidine rings is 1. The van der Waals surface area contributed by atoms with Gasteiger partial charge in [0.2, 0.25) is 0 Å². The lowest BCUT2D eigenvalue weighted by Gasteiger charge is -2.42. The van der Waals surface area contributed by atoms with E-state index in [1.165, 1.54) is 5.56 Å². The number of carbonyl (C=O) groups is 1. The Labute approximate surface area is 204 Å². The molecule has 0 saturated carbocycles. The van der Waals surface area contributed by atoms with Crippen LogP contribution in [0.15, 0.2) is 55.1 Å². The molecule has 5 rings (SSSR count). The fourth-order valence-corrected chi connectivity index (χ4v) is 5.14. The Bertz CT molecular complexity index is 1340. The van der Waals surface area contributed by atoms with Crippen molar-refractivity contribution in [2.75, 3.05) is 23.7 Å². The number of aryl methyl sites for hydroxylation is 1. The Morgan fingerprint density at radius 1 is 1.17 bits per heavy atom. The van der Waals surface area contributed by atoms with Crippen molar-refractivity contribution < 1.29 is 4.79 Å². The van der Waals surface area contributed by atoms with E-state index in [9.17, 15) is 4.79 Å². The van der Waals surface area contributed by atoms with Gasteiger partial charge in [-0.25, -0.2) is 9.67 Å². The van der Waals surface area contributed by atoms with Crippen LogP contribution in [0.1, 0.15) is 41.5 Å². The Morgan fingerprint density at radius 2 is 2.03 bits per heavy atom. The number of rotatable bonds is 6. The van der Waals surface area contributed by atoms with Crippen LogP contribution in [0.3, 0.4) is 0 Å². The van der Waals surface area contributed by atoms with Crippen LogP contribution in [0.4, 0.5) is 11.4 Å². The Balaban J connectivity index is 1.40. The number of anilines is 2. The third-order valence-electron chi connectivity index (χ3n) is 6.86. The third-order valence-corrected chi connectivity index (χ3v) is 6.86. The first kappa shape index (κ1) is 22.9. The number of Topliss-reactive ketones (excluding diaryl/α,β-unsaturated/α-hetero) is 1. The number of aromatic nitrogens is 5. The van der Waals surface area contributed by atoms with Gasteiger partial charge in [0.25, 0.3) is 0 Å².